The normalized spacial score (nSPS) is 13.4. The molecular formula is C23H22N2O5. The Hall–Kier alpha value is -3.61. The SMILES string of the molecule is Cc1noc(C)c1[C@@H](CC(=O)O)NC(=O)OCC1c2ccccc2-c2ccccc21. The number of hydrogen-bond acceptors (Lipinski definition) is 5. The number of alkyl carbamates (subject to hydrolysis) is 1. The maximum absolute atomic E-state index is 12.6. The van der Waals surface area contributed by atoms with E-state index < -0.39 is 18.1 Å². The van der Waals surface area contributed by atoms with Crippen LogP contribution in [0.15, 0.2) is 53.1 Å². The van der Waals surface area contributed by atoms with Crippen LogP contribution in [0, 0.1) is 13.8 Å². The second-order valence-corrected chi connectivity index (χ2v) is 7.36. The predicted molar refractivity (Wildman–Crippen MR) is 109 cm³/mol. The van der Waals surface area contributed by atoms with E-state index in [1.165, 1.54) is 0 Å². The van der Waals surface area contributed by atoms with Crippen molar-refractivity contribution in [1.29, 1.82) is 0 Å². The Morgan fingerprint density at radius 1 is 1.10 bits per heavy atom. The average Bonchev–Trinajstić information content (AvgIpc) is 3.22. The van der Waals surface area contributed by atoms with Gasteiger partial charge in [-0.15, -0.1) is 0 Å². The van der Waals surface area contributed by atoms with Crippen LogP contribution >= 0.6 is 0 Å². The van der Waals surface area contributed by atoms with Gasteiger partial charge in [0.1, 0.15) is 12.4 Å². The van der Waals surface area contributed by atoms with Gasteiger partial charge in [0.15, 0.2) is 0 Å². The minimum Gasteiger partial charge on any atom is -0.481 e. The predicted octanol–water partition coefficient (Wildman–Crippen LogP) is 4.35. The van der Waals surface area contributed by atoms with Gasteiger partial charge in [0.05, 0.1) is 18.2 Å². The standard InChI is InChI=1S/C23H22N2O5/c1-13-22(14(2)30-25-13)20(11-21(26)27)24-23(28)29-12-19-17-9-5-3-7-15(17)16-8-4-6-10-18(16)19/h3-10,19-20H,11-12H2,1-2H3,(H,24,28)(H,26,27)/t20-/m1/s1. The lowest BCUT2D eigenvalue weighted by Gasteiger charge is -2.19. The van der Waals surface area contributed by atoms with Crippen molar-refractivity contribution in [1.82, 2.24) is 10.5 Å². The third-order valence-corrected chi connectivity index (χ3v) is 5.45. The van der Waals surface area contributed by atoms with Gasteiger partial charge in [-0.1, -0.05) is 53.7 Å². The summed E-state index contributed by atoms with van der Waals surface area (Å²) in [5.41, 5.74) is 5.60. The first-order valence-electron chi connectivity index (χ1n) is 9.71. The van der Waals surface area contributed by atoms with Crippen molar-refractivity contribution in [2.45, 2.75) is 32.2 Å². The Kier molecular flexibility index (Phi) is 5.27. The van der Waals surface area contributed by atoms with Gasteiger partial charge in [0.2, 0.25) is 0 Å². The number of carboxylic acids is 1. The van der Waals surface area contributed by atoms with Crippen LogP contribution in [0.5, 0.6) is 0 Å². The molecule has 30 heavy (non-hydrogen) atoms. The zero-order valence-corrected chi connectivity index (χ0v) is 16.7. The number of rotatable bonds is 6. The molecular weight excluding hydrogens is 384 g/mol. The molecule has 7 nitrogen and oxygen atoms in total. The van der Waals surface area contributed by atoms with Crippen molar-refractivity contribution < 1.29 is 24.0 Å². The van der Waals surface area contributed by atoms with Crippen LogP contribution in [0.1, 0.15) is 46.5 Å². The molecule has 2 N–H and O–H groups in total. The lowest BCUT2D eigenvalue weighted by Crippen LogP contribution is -2.32. The highest BCUT2D eigenvalue weighted by atomic mass is 16.5. The third kappa shape index (κ3) is 3.66. The van der Waals surface area contributed by atoms with E-state index in [1.807, 2.05) is 36.4 Å². The van der Waals surface area contributed by atoms with Crippen molar-refractivity contribution in [2.75, 3.05) is 6.61 Å². The number of aromatic nitrogens is 1. The van der Waals surface area contributed by atoms with E-state index in [0.717, 1.165) is 22.3 Å². The molecule has 1 aliphatic rings. The first-order valence-corrected chi connectivity index (χ1v) is 9.71. The van der Waals surface area contributed by atoms with E-state index in [1.54, 1.807) is 13.8 Å². The summed E-state index contributed by atoms with van der Waals surface area (Å²) < 4.78 is 10.7. The number of fused-ring (bicyclic) bond motifs is 3. The Labute approximate surface area is 173 Å². The number of amides is 1. The van der Waals surface area contributed by atoms with E-state index >= 15 is 0 Å². The number of ether oxygens (including phenoxy) is 1. The van der Waals surface area contributed by atoms with E-state index in [2.05, 4.69) is 22.6 Å². The van der Waals surface area contributed by atoms with Gasteiger partial charge in [0, 0.05) is 11.5 Å². The summed E-state index contributed by atoms with van der Waals surface area (Å²) in [5, 5.41) is 15.8. The number of carbonyl (C=O) groups is 2. The van der Waals surface area contributed by atoms with Gasteiger partial charge >= 0.3 is 12.1 Å². The van der Waals surface area contributed by atoms with Crippen LogP contribution in [0.25, 0.3) is 11.1 Å². The molecule has 1 heterocycles. The molecule has 0 spiro atoms. The molecule has 1 aromatic heterocycles. The first kappa shape index (κ1) is 19.7. The summed E-state index contributed by atoms with van der Waals surface area (Å²) in [6, 6.07) is 15.3. The Bertz CT molecular complexity index is 1040. The zero-order chi connectivity index (χ0) is 21.3. The molecule has 0 bridgehead atoms. The number of benzene rings is 2. The molecule has 1 amide bonds. The monoisotopic (exact) mass is 406 g/mol. The second-order valence-electron chi connectivity index (χ2n) is 7.36. The van der Waals surface area contributed by atoms with E-state index in [0.29, 0.717) is 17.0 Å². The van der Waals surface area contributed by atoms with Crippen molar-refractivity contribution in [2.24, 2.45) is 0 Å². The summed E-state index contributed by atoms with van der Waals surface area (Å²) >= 11 is 0. The van der Waals surface area contributed by atoms with Crippen LogP contribution in [-0.4, -0.2) is 28.9 Å². The molecule has 0 saturated heterocycles. The quantitative estimate of drug-likeness (QED) is 0.631. The highest BCUT2D eigenvalue weighted by molar-refractivity contribution is 5.79. The lowest BCUT2D eigenvalue weighted by atomic mass is 9.98. The summed E-state index contributed by atoms with van der Waals surface area (Å²) in [6.07, 6.45) is -0.976. The molecule has 0 unspecified atom stereocenters. The Balaban J connectivity index is 1.50. The number of hydrogen-bond donors (Lipinski definition) is 2. The van der Waals surface area contributed by atoms with Crippen LogP contribution in [0.2, 0.25) is 0 Å². The summed E-state index contributed by atoms with van der Waals surface area (Å²) in [7, 11) is 0. The zero-order valence-electron chi connectivity index (χ0n) is 16.7. The second kappa shape index (κ2) is 8.02. The Morgan fingerprint density at radius 2 is 1.70 bits per heavy atom. The minimum absolute atomic E-state index is 0.0693. The van der Waals surface area contributed by atoms with E-state index in [-0.39, 0.29) is 18.9 Å². The number of carbonyl (C=O) groups excluding carboxylic acids is 1. The summed E-state index contributed by atoms with van der Waals surface area (Å²) in [6.45, 7) is 3.55. The summed E-state index contributed by atoms with van der Waals surface area (Å²) in [4.78, 5) is 23.9. The van der Waals surface area contributed by atoms with Crippen molar-refractivity contribution in [3.05, 3.63) is 76.7 Å². The highest BCUT2D eigenvalue weighted by Gasteiger charge is 2.30. The van der Waals surface area contributed by atoms with Gasteiger partial charge < -0.3 is 19.7 Å². The van der Waals surface area contributed by atoms with Crippen molar-refractivity contribution in [3.8, 4) is 11.1 Å². The lowest BCUT2D eigenvalue weighted by molar-refractivity contribution is -0.137. The molecule has 1 aliphatic carbocycles. The minimum atomic E-state index is -1.04. The molecule has 154 valence electrons. The van der Waals surface area contributed by atoms with Crippen LogP contribution in [0.4, 0.5) is 4.79 Å². The van der Waals surface area contributed by atoms with Crippen molar-refractivity contribution >= 4 is 12.1 Å². The molecule has 0 radical (unpaired) electrons. The fourth-order valence-electron chi connectivity index (χ4n) is 4.17. The van der Waals surface area contributed by atoms with Crippen LogP contribution in [0.3, 0.4) is 0 Å². The molecule has 0 fully saturated rings. The fraction of sp³-hybridized carbons (Fsp3) is 0.261. The number of carboxylic acid groups (broad SMARTS) is 1. The van der Waals surface area contributed by atoms with Crippen molar-refractivity contribution in [3.63, 3.8) is 0 Å². The Morgan fingerprint density at radius 3 is 2.23 bits per heavy atom. The van der Waals surface area contributed by atoms with Gasteiger partial charge in [-0.2, -0.15) is 0 Å². The average molecular weight is 406 g/mol. The molecule has 4 rings (SSSR count). The first-order chi connectivity index (χ1) is 14.5. The number of nitrogens with zero attached hydrogens (tertiary/aromatic N) is 1. The van der Waals surface area contributed by atoms with Gasteiger partial charge in [-0.3, -0.25) is 4.79 Å². The molecule has 0 aliphatic heterocycles. The molecule has 0 saturated carbocycles. The van der Waals surface area contributed by atoms with Gasteiger partial charge in [0.25, 0.3) is 0 Å². The highest BCUT2D eigenvalue weighted by Crippen LogP contribution is 2.44. The van der Waals surface area contributed by atoms with Gasteiger partial charge in [-0.25, -0.2) is 4.79 Å². The third-order valence-electron chi connectivity index (χ3n) is 5.45. The number of nitrogens with one attached hydrogen (secondary N) is 1. The van der Waals surface area contributed by atoms with Crippen LogP contribution < -0.4 is 5.32 Å². The summed E-state index contributed by atoms with van der Waals surface area (Å²) in [5.74, 6) is -0.642. The smallest absolute Gasteiger partial charge is 0.407 e. The number of aliphatic carboxylic acids is 1. The molecule has 2 aromatic carbocycles. The van der Waals surface area contributed by atoms with E-state index in [9.17, 15) is 14.7 Å². The maximum atomic E-state index is 12.6. The van der Waals surface area contributed by atoms with E-state index in [4.69, 9.17) is 9.26 Å². The molecule has 7 heteroatoms. The largest absolute Gasteiger partial charge is 0.481 e. The van der Waals surface area contributed by atoms with Gasteiger partial charge in [-0.05, 0) is 36.1 Å². The van der Waals surface area contributed by atoms with Crippen LogP contribution in [-0.2, 0) is 9.53 Å². The molecule has 3 aromatic rings. The number of aryl methyl sites for hydroxylation is 2. The fourth-order valence-corrected chi connectivity index (χ4v) is 4.17. The topological polar surface area (TPSA) is 102 Å². The molecule has 1 atom stereocenters. The maximum Gasteiger partial charge on any atom is 0.407 e.